The normalized spacial score (nSPS) is 23.6. The van der Waals surface area contributed by atoms with Gasteiger partial charge >= 0.3 is 5.97 Å². The molecular weight excluding hydrogens is 375 g/mol. The fourth-order valence-corrected chi connectivity index (χ4v) is 4.79. The van der Waals surface area contributed by atoms with Crippen LogP contribution < -0.4 is 5.32 Å². The van der Waals surface area contributed by atoms with Gasteiger partial charge in [-0.15, -0.1) is 0 Å². The first-order valence-electron chi connectivity index (χ1n) is 10.5. The van der Waals surface area contributed by atoms with E-state index in [1.165, 1.54) is 13.2 Å². The van der Waals surface area contributed by atoms with Crippen molar-refractivity contribution in [2.75, 3.05) is 13.7 Å². The number of esters is 1. The van der Waals surface area contributed by atoms with Gasteiger partial charge in [-0.05, 0) is 62.5 Å². The summed E-state index contributed by atoms with van der Waals surface area (Å²) in [5, 5.41) is 12.9. The quantitative estimate of drug-likeness (QED) is 0.680. The summed E-state index contributed by atoms with van der Waals surface area (Å²) >= 11 is 0. The Bertz CT molecular complexity index is 761. The molecule has 2 atom stereocenters. The monoisotopic (exact) mass is 406 g/mol. The van der Waals surface area contributed by atoms with Crippen LogP contribution in [0.5, 0.6) is 5.75 Å². The summed E-state index contributed by atoms with van der Waals surface area (Å²) in [5.74, 6) is -0.979. The molecule has 1 aliphatic carbocycles. The van der Waals surface area contributed by atoms with Crippen LogP contribution in [0.2, 0.25) is 0 Å². The first-order chi connectivity index (χ1) is 13.8. The van der Waals surface area contributed by atoms with Crippen molar-refractivity contribution in [1.82, 2.24) is 10.2 Å². The highest BCUT2D eigenvalue weighted by Crippen LogP contribution is 2.35. The van der Waals surface area contributed by atoms with Crippen LogP contribution in [-0.2, 0) is 16.1 Å². The van der Waals surface area contributed by atoms with Gasteiger partial charge in [0.25, 0.3) is 5.91 Å². The van der Waals surface area contributed by atoms with Crippen molar-refractivity contribution >= 4 is 11.9 Å². The van der Waals surface area contributed by atoms with Gasteiger partial charge in [0.1, 0.15) is 6.04 Å². The summed E-state index contributed by atoms with van der Waals surface area (Å²) in [6.07, 6.45) is 5.02. The average molecular weight is 406 g/mol. The number of rotatable bonds is 7. The molecule has 1 unspecified atom stereocenters. The number of hydrogen-bond donors (Lipinski definition) is 2. The van der Waals surface area contributed by atoms with Gasteiger partial charge in [0.2, 0.25) is 0 Å². The van der Waals surface area contributed by atoms with Crippen LogP contribution in [0.25, 0.3) is 0 Å². The molecule has 7 heteroatoms. The highest BCUT2D eigenvalue weighted by molar-refractivity contribution is 5.99. The third-order valence-electron chi connectivity index (χ3n) is 6.47. The molecule has 1 fully saturated rings. The van der Waals surface area contributed by atoms with Crippen molar-refractivity contribution in [3.8, 4) is 5.75 Å². The Morgan fingerprint density at radius 2 is 2.03 bits per heavy atom. The molecule has 0 spiro atoms. The molecule has 160 valence electrons. The maximum atomic E-state index is 14.1. The van der Waals surface area contributed by atoms with E-state index in [4.69, 9.17) is 4.74 Å². The highest BCUT2D eigenvalue weighted by Gasteiger charge is 2.35. The number of phenolic OH excluding ortho intramolecular Hbond substituents is 1. The number of methoxy groups -OCH3 is 1. The van der Waals surface area contributed by atoms with Crippen LogP contribution in [0.3, 0.4) is 0 Å². The van der Waals surface area contributed by atoms with Gasteiger partial charge in [0.15, 0.2) is 11.6 Å². The molecule has 1 aliphatic heterocycles. The largest absolute Gasteiger partial charge is 0.505 e. The van der Waals surface area contributed by atoms with Gasteiger partial charge in [0.05, 0.1) is 12.7 Å². The smallest absolute Gasteiger partial charge is 0.322 e. The van der Waals surface area contributed by atoms with Crippen LogP contribution in [0.15, 0.2) is 12.1 Å². The summed E-state index contributed by atoms with van der Waals surface area (Å²) in [7, 11) is 1.40. The molecular formula is C22H31FN2O4. The minimum absolute atomic E-state index is 0.0192. The molecule has 0 saturated heterocycles. The zero-order valence-electron chi connectivity index (χ0n) is 17.4. The van der Waals surface area contributed by atoms with Crippen LogP contribution in [0.1, 0.15) is 61.9 Å². The highest BCUT2D eigenvalue weighted by atomic mass is 19.1. The molecule has 3 rings (SSSR count). The van der Waals surface area contributed by atoms with E-state index in [2.05, 4.69) is 12.2 Å². The molecule has 1 aromatic carbocycles. The van der Waals surface area contributed by atoms with Crippen LogP contribution >= 0.6 is 0 Å². The van der Waals surface area contributed by atoms with Crippen molar-refractivity contribution in [3.63, 3.8) is 0 Å². The van der Waals surface area contributed by atoms with Crippen molar-refractivity contribution in [2.45, 2.75) is 64.6 Å². The molecule has 6 nitrogen and oxygen atoms in total. The lowest BCUT2D eigenvalue weighted by atomic mass is 9.77. The molecule has 0 bridgehead atoms. The predicted octanol–water partition coefficient (Wildman–Crippen LogP) is 3.22. The standard InChI is InChI=1S/C22H31FN2O4/c1-4-17(24-13(2)22(28)29-3)15-7-5-14(6-8-15)11-25-12-16-9-10-18(26)20(23)19(16)21(25)27/h9-10,13-15,17,24,26H,4-8,11-12H2,1-3H3/t13-,14?,15?,17?/m1/s1. The minimum Gasteiger partial charge on any atom is -0.505 e. The number of benzene rings is 1. The van der Waals surface area contributed by atoms with E-state index in [1.54, 1.807) is 11.0 Å². The number of carbonyl (C=O) groups excluding carboxylic acids is 2. The lowest BCUT2D eigenvalue weighted by Crippen LogP contribution is -2.46. The number of hydrogen-bond acceptors (Lipinski definition) is 5. The van der Waals surface area contributed by atoms with Crippen LogP contribution in [0, 0.1) is 17.7 Å². The first kappa shape index (κ1) is 21.6. The Balaban J connectivity index is 1.53. The molecule has 1 saturated carbocycles. The molecule has 0 radical (unpaired) electrons. The minimum atomic E-state index is -0.810. The number of halogens is 1. The lowest BCUT2D eigenvalue weighted by Gasteiger charge is -2.36. The summed E-state index contributed by atoms with van der Waals surface area (Å²) in [6.45, 7) is 4.97. The molecule has 1 amide bonds. The van der Waals surface area contributed by atoms with Crippen molar-refractivity contribution in [1.29, 1.82) is 0 Å². The van der Waals surface area contributed by atoms with E-state index in [0.29, 0.717) is 30.5 Å². The average Bonchev–Trinajstić information content (AvgIpc) is 3.04. The Labute approximate surface area is 171 Å². The Morgan fingerprint density at radius 3 is 2.66 bits per heavy atom. The fourth-order valence-electron chi connectivity index (χ4n) is 4.79. The van der Waals surface area contributed by atoms with Gasteiger partial charge in [-0.25, -0.2) is 4.39 Å². The zero-order valence-corrected chi connectivity index (χ0v) is 17.4. The van der Waals surface area contributed by atoms with Crippen LogP contribution in [0.4, 0.5) is 4.39 Å². The van der Waals surface area contributed by atoms with E-state index in [9.17, 15) is 19.1 Å². The summed E-state index contributed by atoms with van der Waals surface area (Å²) in [4.78, 5) is 26.0. The molecule has 2 aliphatic rings. The molecule has 0 aromatic heterocycles. The molecule has 1 aromatic rings. The van der Waals surface area contributed by atoms with Gasteiger partial charge in [-0.2, -0.15) is 0 Å². The van der Waals surface area contributed by atoms with Gasteiger partial charge in [-0.3, -0.25) is 9.59 Å². The second-order valence-electron chi connectivity index (χ2n) is 8.33. The third kappa shape index (κ3) is 4.55. The Morgan fingerprint density at radius 1 is 1.34 bits per heavy atom. The first-order valence-corrected chi connectivity index (χ1v) is 10.5. The molecule has 29 heavy (non-hydrogen) atoms. The number of nitrogens with zero attached hydrogens (tertiary/aromatic N) is 1. The van der Waals surface area contributed by atoms with E-state index in [-0.39, 0.29) is 29.5 Å². The number of carbonyl (C=O) groups is 2. The van der Waals surface area contributed by atoms with Crippen LogP contribution in [-0.4, -0.2) is 47.6 Å². The Kier molecular flexibility index (Phi) is 6.77. The number of phenols is 1. The maximum absolute atomic E-state index is 14.1. The second kappa shape index (κ2) is 9.11. The number of nitrogens with one attached hydrogen (secondary N) is 1. The number of aromatic hydroxyl groups is 1. The van der Waals surface area contributed by atoms with Crippen molar-refractivity contribution in [2.24, 2.45) is 11.8 Å². The number of ether oxygens (including phenoxy) is 1. The lowest BCUT2D eigenvalue weighted by molar-refractivity contribution is -0.143. The van der Waals surface area contributed by atoms with E-state index < -0.39 is 11.6 Å². The van der Waals surface area contributed by atoms with E-state index in [1.807, 2.05) is 6.92 Å². The van der Waals surface area contributed by atoms with Crippen molar-refractivity contribution in [3.05, 3.63) is 29.1 Å². The molecule has 1 heterocycles. The zero-order chi connectivity index (χ0) is 21.1. The van der Waals surface area contributed by atoms with E-state index >= 15 is 0 Å². The molecule has 2 N–H and O–H groups in total. The third-order valence-corrected chi connectivity index (χ3v) is 6.47. The maximum Gasteiger partial charge on any atom is 0.322 e. The van der Waals surface area contributed by atoms with E-state index in [0.717, 1.165) is 32.1 Å². The summed E-state index contributed by atoms with van der Waals surface area (Å²) in [6, 6.07) is 2.88. The predicted molar refractivity (Wildman–Crippen MR) is 107 cm³/mol. The van der Waals surface area contributed by atoms with Crippen molar-refractivity contribution < 1.29 is 23.8 Å². The summed E-state index contributed by atoms with van der Waals surface area (Å²) in [5.41, 5.74) is 0.664. The number of amides is 1. The fraction of sp³-hybridized carbons (Fsp3) is 0.636. The van der Waals surface area contributed by atoms with Gasteiger partial charge < -0.3 is 20.1 Å². The second-order valence-corrected chi connectivity index (χ2v) is 8.33. The van der Waals surface area contributed by atoms with Gasteiger partial charge in [-0.1, -0.05) is 13.0 Å². The SMILES string of the molecule is CCC(N[C@H](C)C(=O)OC)C1CCC(CN2Cc3ccc(O)c(F)c3C2=O)CC1. The van der Waals surface area contributed by atoms with Gasteiger partial charge in [0, 0.05) is 19.1 Å². The number of fused-ring (bicyclic) bond motifs is 1. The summed E-state index contributed by atoms with van der Waals surface area (Å²) < 4.78 is 18.9. The topological polar surface area (TPSA) is 78.9 Å². The Hall–Kier alpha value is -2.15.